The SMILES string of the molecule is NC(N)=NCCCC[C@@H](N)C(=O)NCCN(CCNC(=O)CCC(=O)NCCN(CCNC(=O)[C@H](N)CCCCN=C(N)N)CCOc1ccc(CCN=C(N)NC(=O)c2nc(Cl)c(N)nc2N)cc1)CCOc1ccc(CCN=C(N)NC(=O)c2nc(Cl)c(N)nc2N)cc1. The van der Waals surface area contributed by atoms with Crippen molar-refractivity contribution in [3.63, 3.8) is 0 Å². The van der Waals surface area contributed by atoms with E-state index in [1.807, 2.05) is 34.1 Å². The molecule has 36 nitrogen and oxygen atoms in total. The Balaban J connectivity index is 1.25. The van der Waals surface area contributed by atoms with Crippen molar-refractivity contribution in [3.8, 4) is 11.5 Å². The molecule has 526 valence electrons. The largest absolute Gasteiger partial charge is 0.492 e. The van der Waals surface area contributed by atoms with Crippen LogP contribution in [-0.4, -0.2) is 206 Å². The molecule has 0 aliphatic heterocycles. The third kappa shape index (κ3) is 31.8. The van der Waals surface area contributed by atoms with Crippen LogP contribution in [0.15, 0.2) is 68.5 Å². The molecule has 2 aromatic heterocycles. The number of nitrogens with zero attached hydrogens (tertiary/aromatic N) is 10. The van der Waals surface area contributed by atoms with Crippen molar-refractivity contribution in [1.29, 1.82) is 0 Å². The molecule has 30 N–H and O–H groups in total. The fourth-order valence-corrected chi connectivity index (χ4v) is 8.95. The van der Waals surface area contributed by atoms with Gasteiger partial charge in [0.25, 0.3) is 11.8 Å². The highest BCUT2D eigenvalue weighted by molar-refractivity contribution is 6.32. The molecule has 0 saturated heterocycles. The van der Waals surface area contributed by atoms with Crippen molar-refractivity contribution >= 4 is 106 Å². The number of nitrogen functional groups attached to an aromatic ring is 4. The smallest absolute Gasteiger partial charge is 0.280 e. The second kappa shape index (κ2) is 43.2. The van der Waals surface area contributed by atoms with Crippen LogP contribution in [0.2, 0.25) is 10.3 Å². The van der Waals surface area contributed by atoms with Crippen LogP contribution >= 0.6 is 23.2 Å². The molecule has 0 fully saturated rings. The van der Waals surface area contributed by atoms with Crippen LogP contribution in [0.3, 0.4) is 0 Å². The number of unbranched alkanes of at least 4 members (excludes halogenated alkanes) is 2. The number of halogens is 2. The molecule has 0 bridgehead atoms. The number of anilines is 4. The molecule has 0 spiro atoms. The van der Waals surface area contributed by atoms with E-state index < -0.39 is 23.9 Å². The second-order valence-electron chi connectivity index (χ2n) is 21.5. The van der Waals surface area contributed by atoms with E-state index in [0.29, 0.717) is 115 Å². The topological polar surface area (TPSA) is 613 Å². The number of nitrogens with two attached hydrogens (primary N) is 12. The van der Waals surface area contributed by atoms with E-state index in [2.05, 4.69) is 71.8 Å². The Labute approximate surface area is 566 Å². The highest BCUT2D eigenvalue weighted by Gasteiger charge is 2.20. The number of rotatable bonds is 43. The predicted molar refractivity (Wildman–Crippen MR) is 370 cm³/mol. The van der Waals surface area contributed by atoms with Gasteiger partial charge in [-0.05, 0) is 86.8 Å². The van der Waals surface area contributed by atoms with Crippen LogP contribution in [0.5, 0.6) is 11.5 Å². The molecule has 0 saturated carbocycles. The van der Waals surface area contributed by atoms with Crippen molar-refractivity contribution in [3.05, 3.63) is 81.4 Å². The van der Waals surface area contributed by atoms with Gasteiger partial charge in [0.1, 0.15) is 24.7 Å². The number of carbonyl (C=O) groups excluding carboxylic acids is 6. The molecule has 4 aromatic rings. The van der Waals surface area contributed by atoms with Crippen LogP contribution < -0.4 is 110 Å². The summed E-state index contributed by atoms with van der Waals surface area (Å²) in [6.07, 6.45) is 4.34. The number of aromatic nitrogens is 4. The highest BCUT2D eigenvalue weighted by Crippen LogP contribution is 2.19. The average Bonchev–Trinajstić information content (AvgIpc) is 0.890. The van der Waals surface area contributed by atoms with Gasteiger partial charge in [0, 0.05) is 104 Å². The Kier molecular flexibility index (Phi) is 35.3. The summed E-state index contributed by atoms with van der Waals surface area (Å²) in [5.41, 5.74) is 69.7. The summed E-state index contributed by atoms with van der Waals surface area (Å²) in [7, 11) is 0. The zero-order valence-corrected chi connectivity index (χ0v) is 55.1. The second-order valence-corrected chi connectivity index (χ2v) is 22.2. The van der Waals surface area contributed by atoms with Gasteiger partial charge < -0.3 is 99.5 Å². The Hall–Kier alpha value is -9.88. The number of nitrogens with one attached hydrogen (secondary N) is 6. The Morgan fingerprint density at radius 1 is 0.458 bits per heavy atom. The van der Waals surface area contributed by atoms with Gasteiger partial charge in [-0.1, -0.05) is 47.5 Å². The molecular weight excluding hydrogens is 1290 g/mol. The van der Waals surface area contributed by atoms with Crippen molar-refractivity contribution < 1.29 is 38.2 Å². The van der Waals surface area contributed by atoms with Crippen LogP contribution in [-0.2, 0) is 32.0 Å². The fraction of sp³-hybridized carbons (Fsp3) is 0.483. The molecule has 2 aromatic carbocycles. The summed E-state index contributed by atoms with van der Waals surface area (Å²) in [5, 5.41) is 16.0. The lowest BCUT2D eigenvalue weighted by atomic mass is 10.1. The molecule has 96 heavy (non-hydrogen) atoms. The first-order chi connectivity index (χ1) is 45.9. The first-order valence-corrected chi connectivity index (χ1v) is 31.6. The van der Waals surface area contributed by atoms with Crippen molar-refractivity contribution in [1.82, 2.24) is 61.6 Å². The van der Waals surface area contributed by atoms with E-state index in [9.17, 15) is 28.8 Å². The van der Waals surface area contributed by atoms with Gasteiger partial charge in [0.15, 0.2) is 68.8 Å². The summed E-state index contributed by atoms with van der Waals surface area (Å²) in [4.78, 5) is 113. The Morgan fingerprint density at radius 3 is 1.17 bits per heavy atom. The zero-order chi connectivity index (χ0) is 70.4. The minimum absolute atomic E-state index is 0.00230. The van der Waals surface area contributed by atoms with Crippen molar-refractivity contribution in [2.45, 2.75) is 76.3 Å². The maximum Gasteiger partial charge on any atom is 0.280 e. The number of ether oxygens (including phenoxy) is 2. The lowest BCUT2D eigenvalue weighted by Crippen LogP contribution is -2.45. The monoisotopic (exact) mass is 1380 g/mol. The van der Waals surface area contributed by atoms with Gasteiger partial charge in [-0.2, -0.15) is 0 Å². The maximum atomic E-state index is 13.1. The van der Waals surface area contributed by atoms with Crippen LogP contribution in [0, 0.1) is 0 Å². The minimum atomic E-state index is -0.751. The third-order valence-electron chi connectivity index (χ3n) is 13.9. The standard InChI is InChI=1S/C58H92Cl2N28O8/c59-45-49(65)83-47(63)43(81-45)53(93)85-57(71)79-21-17-35-7-11-37(12-8-35)95-33-31-87(29-25-75-51(91)39(61)5-1-3-19-77-55(67)68)27-23-73-41(89)15-16-42(90)74-24-28-88(30-26-76-52(92)40(62)6-2-4-20-78-56(69)70)32-34-96-38-13-9-36(10-14-38)18-22-80-58(72)86-54(94)44-48(64)84-50(66)46(60)82-44/h7-14,39-40H,1-6,15-34,61-62H2,(H,73,89)(H,74,90)(H,75,91)(H,76,92)(H4,63,65,83)(H4,64,66,84)(H4,67,68,77)(H4,69,70,78)(H3,71,79,85,93)(H3,72,80,86,94)/t39-,40-/m1/s1. The van der Waals surface area contributed by atoms with Gasteiger partial charge in [0.2, 0.25) is 23.6 Å². The molecule has 38 heteroatoms. The molecule has 2 heterocycles. The highest BCUT2D eigenvalue weighted by atomic mass is 35.5. The minimum Gasteiger partial charge on any atom is -0.492 e. The third-order valence-corrected chi connectivity index (χ3v) is 14.5. The van der Waals surface area contributed by atoms with E-state index in [-0.39, 0.29) is 158 Å². The summed E-state index contributed by atoms with van der Waals surface area (Å²) in [6, 6.07) is 13.2. The summed E-state index contributed by atoms with van der Waals surface area (Å²) in [6.45, 7) is 5.29. The van der Waals surface area contributed by atoms with Gasteiger partial charge in [-0.3, -0.25) is 69.2 Å². The number of carbonyl (C=O) groups is 6. The number of benzene rings is 2. The summed E-state index contributed by atoms with van der Waals surface area (Å²) in [5.74, 6) is -2.59. The number of amides is 6. The van der Waals surface area contributed by atoms with Gasteiger partial charge in [-0.25, -0.2) is 19.9 Å². The van der Waals surface area contributed by atoms with Gasteiger partial charge in [0.05, 0.1) is 12.1 Å². The maximum absolute atomic E-state index is 13.1. The number of aliphatic imine (C=N–C) groups is 4. The van der Waals surface area contributed by atoms with E-state index in [1.54, 1.807) is 24.3 Å². The molecular formula is C58H92Cl2N28O8. The van der Waals surface area contributed by atoms with E-state index in [4.69, 9.17) is 101 Å². The Morgan fingerprint density at radius 2 is 0.812 bits per heavy atom. The van der Waals surface area contributed by atoms with E-state index in [1.165, 1.54) is 0 Å². The van der Waals surface area contributed by atoms with E-state index >= 15 is 0 Å². The molecule has 0 aliphatic carbocycles. The zero-order valence-electron chi connectivity index (χ0n) is 53.6. The Bertz CT molecular complexity index is 3050. The number of hydrogen-bond donors (Lipinski definition) is 18. The molecule has 0 radical (unpaired) electrons. The first-order valence-electron chi connectivity index (χ1n) is 30.9. The molecule has 4 rings (SSSR count). The molecule has 0 unspecified atom stereocenters. The van der Waals surface area contributed by atoms with Crippen LogP contribution in [0.1, 0.15) is 83.5 Å². The van der Waals surface area contributed by atoms with Crippen LogP contribution in [0.25, 0.3) is 0 Å². The van der Waals surface area contributed by atoms with Crippen LogP contribution in [0.4, 0.5) is 23.3 Å². The average molecular weight is 1380 g/mol. The lowest BCUT2D eigenvalue weighted by Gasteiger charge is -2.23. The first kappa shape index (κ1) is 78.6. The van der Waals surface area contributed by atoms with Crippen molar-refractivity contribution in [2.24, 2.45) is 65.8 Å². The van der Waals surface area contributed by atoms with Crippen molar-refractivity contribution in [2.75, 3.05) is 128 Å². The van der Waals surface area contributed by atoms with Gasteiger partial charge in [-0.15, -0.1) is 0 Å². The van der Waals surface area contributed by atoms with Gasteiger partial charge >= 0.3 is 0 Å². The predicted octanol–water partition coefficient (Wildman–Crippen LogP) is -3.67. The molecule has 2 atom stereocenters. The fourth-order valence-electron chi connectivity index (χ4n) is 8.70. The summed E-state index contributed by atoms with van der Waals surface area (Å²) >= 11 is 11.8. The number of guanidine groups is 4. The molecule has 0 aliphatic rings. The molecule has 6 amide bonds. The normalized spacial score (nSPS) is 12.1. The summed E-state index contributed by atoms with van der Waals surface area (Å²) < 4.78 is 12.1. The lowest BCUT2D eigenvalue weighted by molar-refractivity contribution is -0.126. The number of hydrogen-bond acceptors (Lipinski definition) is 24. The van der Waals surface area contributed by atoms with E-state index in [0.717, 1.165) is 11.1 Å². The quantitative estimate of drug-likeness (QED) is 0.0115.